The second-order valence-corrected chi connectivity index (χ2v) is 7.40. The molecule has 0 spiro atoms. The Kier molecular flexibility index (Phi) is 8.14. The molecule has 1 heterocycles. The number of anilines is 2. The van der Waals surface area contributed by atoms with Crippen LogP contribution in [0.2, 0.25) is 0 Å². The van der Waals surface area contributed by atoms with E-state index in [1.165, 1.54) is 12.5 Å². The number of ether oxygens (including phenoxy) is 1. The summed E-state index contributed by atoms with van der Waals surface area (Å²) in [5, 5.41) is 7.82. The molecular weight excluding hydrogens is 396 g/mol. The molecule has 3 N–H and O–H groups in total. The summed E-state index contributed by atoms with van der Waals surface area (Å²) in [4.78, 5) is 37.6. The Balaban J connectivity index is 1.38. The summed E-state index contributed by atoms with van der Waals surface area (Å²) in [5.74, 6) is -1.64. The molecule has 3 amide bonds. The first-order valence-corrected chi connectivity index (χ1v) is 10.4. The maximum absolute atomic E-state index is 12.1. The highest BCUT2D eigenvalue weighted by atomic mass is 16.5. The van der Waals surface area contributed by atoms with Crippen LogP contribution in [0.5, 0.6) is 0 Å². The summed E-state index contributed by atoms with van der Waals surface area (Å²) < 4.78 is 5.87. The third-order valence-electron chi connectivity index (χ3n) is 4.91. The number of morpholine rings is 1. The van der Waals surface area contributed by atoms with Gasteiger partial charge >= 0.3 is 11.8 Å². The molecule has 0 radical (unpaired) electrons. The average molecular weight is 425 g/mol. The number of carbonyl (C=O) groups excluding carboxylic acids is 3. The van der Waals surface area contributed by atoms with Gasteiger partial charge in [-0.05, 0) is 30.2 Å². The van der Waals surface area contributed by atoms with E-state index in [2.05, 4.69) is 33.0 Å². The van der Waals surface area contributed by atoms with Gasteiger partial charge in [0.1, 0.15) is 0 Å². The lowest BCUT2D eigenvalue weighted by molar-refractivity contribution is -0.136. The molecule has 8 heteroatoms. The fraction of sp³-hybridized carbons (Fsp3) is 0.348. The van der Waals surface area contributed by atoms with Crippen molar-refractivity contribution in [3.63, 3.8) is 0 Å². The zero-order valence-electron chi connectivity index (χ0n) is 17.6. The molecule has 31 heavy (non-hydrogen) atoms. The van der Waals surface area contributed by atoms with E-state index in [0.717, 1.165) is 26.1 Å². The number of hydrogen-bond donors (Lipinski definition) is 3. The van der Waals surface area contributed by atoms with Crippen molar-refractivity contribution in [2.45, 2.75) is 19.4 Å². The summed E-state index contributed by atoms with van der Waals surface area (Å²) in [7, 11) is 0. The standard InChI is InChI=1S/C23H28N4O4/c1-17(28)25-19-9-5-10-20(15-19)26-23(30)22(29)24-11-6-12-27-13-14-31-21(16-27)18-7-3-2-4-8-18/h2-5,7-10,15,21H,6,11-14,16H2,1H3,(H,24,29)(H,25,28)(H,26,30). The average Bonchev–Trinajstić information content (AvgIpc) is 2.77. The lowest BCUT2D eigenvalue weighted by Gasteiger charge is -2.33. The molecule has 0 aliphatic carbocycles. The van der Waals surface area contributed by atoms with Crippen molar-refractivity contribution in [3.8, 4) is 0 Å². The zero-order valence-corrected chi connectivity index (χ0v) is 17.6. The quantitative estimate of drug-likeness (QED) is 0.467. The fourth-order valence-corrected chi connectivity index (χ4v) is 3.43. The molecule has 1 aliphatic rings. The molecule has 2 aromatic carbocycles. The van der Waals surface area contributed by atoms with E-state index in [0.29, 0.717) is 24.5 Å². The van der Waals surface area contributed by atoms with Crippen LogP contribution in [-0.4, -0.2) is 55.4 Å². The molecule has 0 saturated carbocycles. The van der Waals surface area contributed by atoms with E-state index in [1.54, 1.807) is 24.3 Å². The van der Waals surface area contributed by atoms with Crippen molar-refractivity contribution in [2.24, 2.45) is 0 Å². The summed E-state index contributed by atoms with van der Waals surface area (Å²) >= 11 is 0. The van der Waals surface area contributed by atoms with E-state index >= 15 is 0 Å². The minimum Gasteiger partial charge on any atom is -0.371 e. The van der Waals surface area contributed by atoms with Crippen molar-refractivity contribution < 1.29 is 19.1 Å². The Morgan fingerprint density at radius 1 is 1.00 bits per heavy atom. The minimum atomic E-state index is -0.740. The highest BCUT2D eigenvalue weighted by Gasteiger charge is 2.21. The molecule has 3 rings (SSSR count). The Morgan fingerprint density at radius 2 is 1.74 bits per heavy atom. The van der Waals surface area contributed by atoms with Crippen molar-refractivity contribution >= 4 is 29.1 Å². The zero-order chi connectivity index (χ0) is 22.1. The number of nitrogens with zero attached hydrogens (tertiary/aromatic N) is 1. The summed E-state index contributed by atoms with van der Waals surface area (Å²) in [5.41, 5.74) is 2.15. The van der Waals surface area contributed by atoms with Gasteiger partial charge in [0.05, 0.1) is 12.7 Å². The van der Waals surface area contributed by atoms with Crippen LogP contribution in [0.25, 0.3) is 0 Å². The molecule has 0 aromatic heterocycles. The predicted octanol–water partition coefficient (Wildman–Crippen LogP) is 2.16. The second kappa shape index (κ2) is 11.2. The number of benzene rings is 2. The number of nitrogens with one attached hydrogen (secondary N) is 3. The summed E-state index contributed by atoms with van der Waals surface area (Å²) in [6, 6.07) is 16.8. The second-order valence-electron chi connectivity index (χ2n) is 7.40. The van der Waals surface area contributed by atoms with Crippen LogP contribution in [0.3, 0.4) is 0 Å². The van der Waals surface area contributed by atoms with E-state index in [4.69, 9.17) is 4.74 Å². The van der Waals surface area contributed by atoms with Crippen LogP contribution in [0.15, 0.2) is 54.6 Å². The molecule has 2 aromatic rings. The maximum Gasteiger partial charge on any atom is 0.313 e. The van der Waals surface area contributed by atoms with E-state index in [-0.39, 0.29) is 12.0 Å². The number of rotatable bonds is 7. The van der Waals surface area contributed by atoms with Gasteiger partial charge in [-0.25, -0.2) is 0 Å². The Labute approximate surface area is 182 Å². The smallest absolute Gasteiger partial charge is 0.313 e. The SMILES string of the molecule is CC(=O)Nc1cccc(NC(=O)C(=O)NCCCN2CCOC(c3ccccc3)C2)c1. The normalized spacial score (nSPS) is 16.4. The fourth-order valence-electron chi connectivity index (χ4n) is 3.43. The van der Waals surface area contributed by atoms with Gasteiger partial charge in [-0.1, -0.05) is 36.4 Å². The first-order valence-electron chi connectivity index (χ1n) is 10.4. The molecule has 1 unspecified atom stereocenters. The van der Waals surface area contributed by atoms with Gasteiger partial charge in [-0.15, -0.1) is 0 Å². The Hall–Kier alpha value is -3.23. The monoisotopic (exact) mass is 424 g/mol. The van der Waals surface area contributed by atoms with E-state index in [9.17, 15) is 14.4 Å². The van der Waals surface area contributed by atoms with Crippen LogP contribution >= 0.6 is 0 Å². The maximum atomic E-state index is 12.1. The van der Waals surface area contributed by atoms with Crippen molar-refractivity contribution in [1.29, 1.82) is 0 Å². The molecule has 1 saturated heterocycles. The van der Waals surface area contributed by atoms with Gasteiger partial charge in [-0.2, -0.15) is 0 Å². The van der Waals surface area contributed by atoms with Gasteiger partial charge in [-0.3, -0.25) is 19.3 Å². The molecule has 8 nitrogen and oxygen atoms in total. The van der Waals surface area contributed by atoms with Gasteiger partial charge in [0.15, 0.2) is 0 Å². The van der Waals surface area contributed by atoms with Crippen molar-refractivity contribution in [1.82, 2.24) is 10.2 Å². The molecule has 1 aliphatic heterocycles. The molecule has 164 valence electrons. The number of hydrogen-bond acceptors (Lipinski definition) is 5. The number of carbonyl (C=O) groups is 3. The molecule has 0 bridgehead atoms. The molecular formula is C23H28N4O4. The highest BCUT2D eigenvalue weighted by molar-refractivity contribution is 6.39. The largest absolute Gasteiger partial charge is 0.371 e. The minimum absolute atomic E-state index is 0.0589. The van der Waals surface area contributed by atoms with Crippen molar-refractivity contribution in [2.75, 3.05) is 43.4 Å². The van der Waals surface area contributed by atoms with E-state index < -0.39 is 11.8 Å². The Bertz CT molecular complexity index is 903. The first kappa shape index (κ1) is 22.5. The topological polar surface area (TPSA) is 99.8 Å². The Morgan fingerprint density at radius 3 is 2.48 bits per heavy atom. The molecule has 1 fully saturated rings. The van der Waals surface area contributed by atoms with Gasteiger partial charge < -0.3 is 20.7 Å². The third-order valence-corrected chi connectivity index (χ3v) is 4.91. The van der Waals surface area contributed by atoms with Gasteiger partial charge in [0.25, 0.3) is 0 Å². The van der Waals surface area contributed by atoms with Gasteiger partial charge in [0.2, 0.25) is 5.91 Å². The van der Waals surface area contributed by atoms with Gasteiger partial charge in [0, 0.05) is 44.5 Å². The van der Waals surface area contributed by atoms with Crippen LogP contribution in [0, 0.1) is 0 Å². The lowest BCUT2D eigenvalue weighted by atomic mass is 10.1. The van der Waals surface area contributed by atoms with Crippen molar-refractivity contribution in [3.05, 3.63) is 60.2 Å². The summed E-state index contributed by atoms with van der Waals surface area (Å²) in [6.45, 7) is 4.95. The van der Waals surface area contributed by atoms with Crippen LogP contribution < -0.4 is 16.0 Å². The van der Waals surface area contributed by atoms with E-state index in [1.807, 2.05) is 18.2 Å². The molecule has 1 atom stereocenters. The van der Waals surface area contributed by atoms with Crippen LogP contribution in [-0.2, 0) is 19.1 Å². The third kappa shape index (κ3) is 7.20. The number of amides is 3. The first-order chi connectivity index (χ1) is 15.0. The lowest BCUT2D eigenvalue weighted by Crippen LogP contribution is -2.41. The van der Waals surface area contributed by atoms with Crippen LogP contribution in [0.1, 0.15) is 25.0 Å². The summed E-state index contributed by atoms with van der Waals surface area (Å²) in [6.07, 6.45) is 0.794. The highest BCUT2D eigenvalue weighted by Crippen LogP contribution is 2.21. The van der Waals surface area contributed by atoms with Crippen LogP contribution in [0.4, 0.5) is 11.4 Å². The predicted molar refractivity (Wildman–Crippen MR) is 119 cm³/mol.